The molecule has 0 spiro atoms. The lowest BCUT2D eigenvalue weighted by Crippen LogP contribution is -2.60. The molecule has 11 heteroatoms. The summed E-state index contributed by atoms with van der Waals surface area (Å²) >= 11 is 0. The van der Waals surface area contributed by atoms with Crippen molar-refractivity contribution >= 4 is 29.7 Å². The Labute approximate surface area is 250 Å². The van der Waals surface area contributed by atoms with Crippen molar-refractivity contribution in [3.63, 3.8) is 0 Å². The van der Waals surface area contributed by atoms with Crippen molar-refractivity contribution in [1.29, 1.82) is 0 Å². The Morgan fingerprint density at radius 2 is 1.56 bits per heavy atom. The molecule has 3 fully saturated rings. The first-order valence-corrected chi connectivity index (χ1v) is 14.9. The number of carbonyl (C=O) groups is 5. The smallest absolute Gasteiger partial charge is 0.312 e. The summed E-state index contributed by atoms with van der Waals surface area (Å²) in [7, 11) is 1.19. The molecule has 234 valence electrons. The van der Waals surface area contributed by atoms with Gasteiger partial charge in [-0.25, -0.2) is 0 Å². The van der Waals surface area contributed by atoms with Crippen LogP contribution in [0.4, 0.5) is 0 Å². The van der Waals surface area contributed by atoms with Crippen molar-refractivity contribution in [1.82, 2.24) is 0 Å². The van der Waals surface area contributed by atoms with E-state index in [1.807, 2.05) is 19.1 Å². The number of phenolic OH excluding ortho intramolecular Hbond substituents is 1. The minimum atomic E-state index is -1.36. The molecule has 11 nitrogen and oxygen atoms in total. The van der Waals surface area contributed by atoms with E-state index in [-0.39, 0.29) is 35.7 Å². The van der Waals surface area contributed by atoms with Gasteiger partial charge in [0.05, 0.1) is 7.11 Å². The van der Waals surface area contributed by atoms with Crippen LogP contribution >= 0.6 is 0 Å². The zero-order valence-corrected chi connectivity index (χ0v) is 25.2. The molecule has 0 radical (unpaired) electrons. The molecule has 4 aliphatic rings. The van der Waals surface area contributed by atoms with Crippen molar-refractivity contribution in [2.24, 2.45) is 23.2 Å². The molecule has 4 aliphatic carbocycles. The van der Waals surface area contributed by atoms with Gasteiger partial charge in [-0.15, -0.1) is 0 Å². The largest absolute Gasteiger partial charge is 0.508 e. The van der Waals surface area contributed by atoms with Crippen LogP contribution in [0.2, 0.25) is 0 Å². The summed E-state index contributed by atoms with van der Waals surface area (Å²) in [6.45, 7) is 5.50. The van der Waals surface area contributed by atoms with E-state index in [0.717, 1.165) is 38.7 Å². The summed E-state index contributed by atoms with van der Waals surface area (Å²) in [5, 5.41) is 10.00. The number of ether oxygens (including phenoxy) is 5. The SMILES string of the molecule is COC(=O)[C@H]1C[C@@H](OC2C[C@H]3[C@@H]4CCc5cc(O)ccc5[C@H]4CC[C@]3(C)C2=O)C(OC(C)=O)[C@@H](OC(C)=O)[C@@H]1OC(C)=O. The summed E-state index contributed by atoms with van der Waals surface area (Å²) in [5.74, 6) is -3.16. The van der Waals surface area contributed by atoms with Crippen LogP contribution in [-0.2, 0) is 54.1 Å². The van der Waals surface area contributed by atoms with Gasteiger partial charge in [0.2, 0.25) is 0 Å². The predicted molar refractivity (Wildman–Crippen MR) is 149 cm³/mol. The highest BCUT2D eigenvalue weighted by Crippen LogP contribution is 2.60. The van der Waals surface area contributed by atoms with Crippen LogP contribution in [0.15, 0.2) is 18.2 Å². The van der Waals surface area contributed by atoms with Gasteiger partial charge in [-0.2, -0.15) is 0 Å². The van der Waals surface area contributed by atoms with Crippen LogP contribution < -0.4 is 0 Å². The summed E-state index contributed by atoms with van der Waals surface area (Å²) in [4.78, 5) is 63.3. The van der Waals surface area contributed by atoms with E-state index in [1.165, 1.54) is 19.6 Å². The molecular formula is C32H40O11. The average molecular weight is 601 g/mol. The maximum Gasteiger partial charge on any atom is 0.312 e. The van der Waals surface area contributed by atoms with Crippen molar-refractivity contribution in [2.45, 2.75) is 103 Å². The van der Waals surface area contributed by atoms with Crippen LogP contribution in [0, 0.1) is 23.2 Å². The Morgan fingerprint density at radius 1 is 0.907 bits per heavy atom. The third kappa shape index (κ3) is 5.75. The second kappa shape index (κ2) is 11.9. The maximum absolute atomic E-state index is 14.1. The highest BCUT2D eigenvalue weighted by molar-refractivity contribution is 5.91. The molecule has 0 aromatic heterocycles. The number of esters is 4. The van der Waals surface area contributed by atoms with Crippen LogP contribution in [0.25, 0.3) is 0 Å². The van der Waals surface area contributed by atoms with E-state index in [2.05, 4.69) is 0 Å². The van der Waals surface area contributed by atoms with Crippen LogP contribution in [0.3, 0.4) is 0 Å². The monoisotopic (exact) mass is 600 g/mol. The molecule has 1 N–H and O–H groups in total. The molecule has 43 heavy (non-hydrogen) atoms. The van der Waals surface area contributed by atoms with E-state index in [4.69, 9.17) is 23.7 Å². The maximum atomic E-state index is 14.1. The Bertz CT molecular complexity index is 1310. The third-order valence-corrected chi connectivity index (χ3v) is 10.1. The second-order valence-corrected chi connectivity index (χ2v) is 12.6. The lowest BCUT2D eigenvalue weighted by molar-refractivity contribution is -0.225. The number of hydrogen-bond acceptors (Lipinski definition) is 11. The quantitative estimate of drug-likeness (QED) is 0.379. The molecule has 2 unspecified atom stereocenters. The zero-order valence-electron chi connectivity index (χ0n) is 25.2. The minimum Gasteiger partial charge on any atom is -0.508 e. The van der Waals surface area contributed by atoms with Crippen LogP contribution in [0.1, 0.15) is 76.8 Å². The number of methoxy groups -OCH3 is 1. The number of hydrogen-bond donors (Lipinski definition) is 1. The van der Waals surface area contributed by atoms with Crippen molar-refractivity contribution in [3.05, 3.63) is 29.3 Å². The summed E-state index contributed by atoms with van der Waals surface area (Å²) in [6, 6.07) is 5.56. The van der Waals surface area contributed by atoms with E-state index in [9.17, 15) is 29.1 Å². The van der Waals surface area contributed by atoms with E-state index in [0.29, 0.717) is 12.8 Å². The number of aryl methyl sites for hydroxylation is 1. The molecule has 0 bridgehead atoms. The molecule has 5 rings (SSSR count). The first kappa shape index (κ1) is 31.0. The normalized spacial score (nSPS) is 36.4. The van der Waals surface area contributed by atoms with Gasteiger partial charge in [0.15, 0.2) is 24.1 Å². The van der Waals surface area contributed by atoms with Crippen molar-refractivity contribution in [3.8, 4) is 5.75 Å². The predicted octanol–water partition coefficient (Wildman–Crippen LogP) is 3.17. The second-order valence-electron chi connectivity index (χ2n) is 12.6. The van der Waals surface area contributed by atoms with Crippen LogP contribution in [0.5, 0.6) is 5.75 Å². The van der Waals surface area contributed by atoms with Gasteiger partial charge in [0.25, 0.3) is 0 Å². The molecule has 3 saturated carbocycles. The van der Waals surface area contributed by atoms with Crippen molar-refractivity contribution < 1.29 is 52.8 Å². The van der Waals surface area contributed by atoms with Crippen LogP contribution in [-0.4, -0.2) is 72.4 Å². The number of Topliss-reactive ketones (excluding diaryl/α,β-unsaturated/α-hetero) is 1. The lowest BCUT2D eigenvalue weighted by atomic mass is 9.55. The zero-order chi connectivity index (χ0) is 31.2. The van der Waals surface area contributed by atoms with Gasteiger partial charge in [0.1, 0.15) is 23.9 Å². The highest BCUT2D eigenvalue weighted by Gasteiger charge is 2.61. The van der Waals surface area contributed by atoms with Gasteiger partial charge >= 0.3 is 23.9 Å². The summed E-state index contributed by atoms with van der Waals surface area (Å²) in [6.07, 6.45) is -2.14. The fourth-order valence-electron chi connectivity index (χ4n) is 8.33. The summed E-state index contributed by atoms with van der Waals surface area (Å²) in [5.41, 5.74) is 1.78. The Kier molecular flexibility index (Phi) is 8.57. The number of aromatic hydroxyl groups is 1. The number of rotatable bonds is 6. The van der Waals surface area contributed by atoms with Gasteiger partial charge < -0.3 is 28.8 Å². The van der Waals surface area contributed by atoms with Gasteiger partial charge in [-0.05, 0) is 79.5 Å². The fourth-order valence-corrected chi connectivity index (χ4v) is 8.33. The number of benzene rings is 1. The first-order valence-electron chi connectivity index (χ1n) is 14.9. The molecule has 0 saturated heterocycles. The van der Waals surface area contributed by atoms with E-state index in [1.54, 1.807) is 6.07 Å². The van der Waals surface area contributed by atoms with Gasteiger partial charge in [-0.3, -0.25) is 24.0 Å². The molecular weight excluding hydrogens is 560 g/mol. The summed E-state index contributed by atoms with van der Waals surface area (Å²) < 4.78 is 28.0. The standard InChI is InChI=1S/C32H40O11/c1-15(33)40-27-23(31(38)39-5)13-25(28(41-16(2)34)29(27)42-17(3)35)43-26-14-24-22-8-6-18-12-19(36)7-9-20(18)21(22)10-11-32(24,4)30(26)37/h7,9,12,21-29,36H,6,8,10-11,13-14H2,1-5H3/t21-,22-,23+,24+,25-,26?,27-,28?,29+,32+/m1/s1. The molecule has 1 aromatic rings. The van der Waals surface area contributed by atoms with E-state index < -0.39 is 65.7 Å². The Balaban J connectivity index is 1.44. The third-order valence-electron chi connectivity index (χ3n) is 10.1. The van der Waals surface area contributed by atoms with Gasteiger partial charge in [-0.1, -0.05) is 13.0 Å². The van der Waals surface area contributed by atoms with E-state index >= 15 is 0 Å². The molecule has 1 aromatic carbocycles. The first-order chi connectivity index (χ1) is 20.3. The Hall–Kier alpha value is -3.47. The lowest BCUT2D eigenvalue weighted by Gasteiger charge is -2.48. The fraction of sp³-hybridized carbons (Fsp3) is 0.656. The number of fused-ring (bicyclic) bond motifs is 5. The Morgan fingerprint density at radius 3 is 2.21 bits per heavy atom. The number of carbonyl (C=O) groups excluding carboxylic acids is 5. The molecule has 0 amide bonds. The molecule has 10 atom stereocenters. The highest BCUT2D eigenvalue weighted by atomic mass is 16.6. The average Bonchev–Trinajstić information content (AvgIpc) is 3.19. The van der Waals surface area contributed by atoms with Gasteiger partial charge in [0, 0.05) is 26.2 Å². The number of phenols is 1. The van der Waals surface area contributed by atoms with Crippen molar-refractivity contribution in [2.75, 3.05) is 7.11 Å². The molecule has 0 aliphatic heterocycles. The topological polar surface area (TPSA) is 152 Å². The minimum absolute atomic E-state index is 0.0326. The molecule has 0 heterocycles. The number of ketones is 1.